The Morgan fingerprint density at radius 2 is 1.55 bits per heavy atom. The first-order chi connectivity index (χ1) is 10.8. The number of pyridine rings is 1. The predicted octanol–water partition coefficient (Wildman–Crippen LogP) is 5.18. The van der Waals surface area contributed by atoms with Crippen LogP contribution in [0, 0.1) is 6.92 Å². The summed E-state index contributed by atoms with van der Waals surface area (Å²) in [5.74, 6) is 1.44. The molecule has 4 heteroatoms. The van der Waals surface area contributed by atoms with Crippen LogP contribution in [0.1, 0.15) is 33.4 Å². The van der Waals surface area contributed by atoms with Gasteiger partial charge in [-0.2, -0.15) is 0 Å². The Hall–Kier alpha value is -2.49. The molecule has 0 saturated heterocycles. The van der Waals surface area contributed by atoms with Crippen LogP contribution in [0.3, 0.4) is 0 Å². The van der Waals surface area contributed by atoms with E-state index in [0.29, 0.717) is 16.9 Å². The number of para-hydroxylation sites is 1. The molecule has 0 spiro atoms. The third-order valence-electron chi connectivity index (χ3n) is 2.50. The lowest BCUT2D eigenvalue weighted by atomic mass is 10.3. The van der Waals surface area contributed by atoms with E-state index in [9.17, 15) is 0 Å². The third-order valence-corrected chi connectivity index (χ3v) is 2.50. The minimum Gasteiger partial charge on any atom is -0.455 e. The Morgan fingerprint density at radius 3 is 2.23 bits per heavy atom. The van der Waals surface area contributed by atoms with Gasteiger partial charge in [-0.3, -0.25) is 0 Å². The zero-order chi connectivity index (χ0) is 16.4. The Balaban J connectivity index is 0.000000561. The van der Waals surface area contributed by atoms with E-state index >= 15 is 0 Å². The molecule has 1 aromatic carbocycles. The van der Waals surface area contributed by atoms with E-state index in [1.54, 1.807) is 18.5 Å². The normalized spacial score (nSPS) is 9.14. The quantitative estimate of drug-likeness (QED) is 0.654. The van der Waals surface area contributed by atoms with Crippen LogP contribution in [0.2, 0.25) is 0 Å². The average Bonchev–Trinajstić information content (AvgIpc) is 2.60. The van der Waals surface area contributed by atoms with Gasteiger partial charge in [0, 0.05) is 12.3 Å². The van der Waals surface area contributed by atoms with Crippen LogP contribution >= 0.6 is 0 Å². The maximum absolute atomic E-state index is 5.80. The van der Waals surface area contributed by atoms with Crippen LogP contribution in [-0.2, 0) is 0 Å². The van der Waals surface area contributed by atoms with Crippen molar-refractivity contribution in [2.75, 3.05) is 0 Å². The molecule has 3 rings (SSSR count). The average molecular weight is 297 g/mol. The van der Waals surface area contributed by atoms with E-state index in [2.05, 4.69) is 15.0 Å². The van der Waals surface area contributed by atoms with Gasteiger partial charge in [-0.15, -0.1) is 0 Å². The van der Waals surface area contributed by atoms with Crippen LogP contribution in [0.25, 0.3) is 11.2 Å². The molecule has 0 radical (unpaired) electrons. The largest absolute Gasteiger partial charge is 0.455 e. The van der Waals surface area contributed by atoms with Crippen LogP contribution in [0.5, 0.6) is 11.5 Å². The first kappa shape index (κ1) is 17.6. The first-order valence-corrected chi connectivity index (χ1v) is 7.64. The molecule has 0 aliphatic heterocycles. The van der Waals surface area contributed by atoms with Gasteiger partial charge >= 0.3 is 0 Å². The molecule has 3 aromatic rings. The van der Waals surface area contributed by atoms with Crippen molar-refractivity contribution in [3.63, 3.8) is 0 Å². The van der Waals surface area contributed by atoms with Crippen molar-refractivity contribution in [2.24, 2.45) is 0 Å². The second-order valence-electron chi connectivity index (χ2n) is 3.91. The summed E-state index contributed by atoms with van der Waals surface area (Å²) in [4.78, 5) is 12.8. The lowest BCUT2D eigenvalue weighted by Crippen LogP contribution is -1.93. The van der Waals surface area contributed by atoms with E-state index < -0.39 is 0 Å². The van der Waals surface area contributed by atoms with Crippen molar-refractivity contribution >= 4 is 11.2 Å². The molecule has 2 aromatic heterocycles. The maximum Gasteiger partial charge on any atom is 0.182 e. The summed E-state index contributed by atoms with van der Waals surface area (Å²) in [6.45, 7) is 9.89. The van der Waals surface area contributed by atoms with E-state index in [1.165, 1.54) is 0 Å². The summed E-state index contributed by atoms with van der Waals surface area (Å²) in [7, 11) is 0. The molecule has 0 aliphatic carbocycles. The summed E-state index contributed by atoms with van der Waals surface area (Å²) >= 11 is 0. The summed E-state index contributed by atoms with van der Waals surface area (Å²) in [5, 5.41) is 0. The highest BCUT2D eigenvalue weighted by Gasteiger charge is 2.06. The molecule has 0 unspecified atom stereocenters. The van der Waals surface area contributed by atoms with Crippen LogP contribution in [0.4, 0.5) is 0 Å². The zero-order valence-corrected chi connectivity index (χ0v) is 13.9. The van der Waals surface area contributed by atoms with Gasteiger partial charge in [-0.05, 0) is 19.1 Å². The third kappa shape index (κ3) is 4.52. The van der Waals surface area contributed by atoms with Crippen LogP contribution < -0.4 is 4.74 Å². The topological polar surface area (TPSA) is 47.9 Å². The van der Waals surface area contributed by atoms with Gasteiger partial charge in [0.1, 0.15) is 5.75 Å². The lowest BCUT2D eigenvalue weighted by molar-refractivity contribution is 0.486. The Morgan fingerprint density at radius 1 is 0.864 bits per heavy atom. The van der Waals surface area contributed by atoms with Gasteiger partial charge in [-0.25, -0.2) is 15.0 Å². The van der Waals surface area contributed by atoms with Crippen LogP contribution in [-0.4, -0.2) is 15.0 Å². The molecule has 2 heterocycles. The number of hydrogen-bond donors (Lipinski definition) is 0. The van der Waals surface area contributed by atoms with Crippen molar-refractivity contribution in [3.05, 3.63) is 54.5 Å². The van der Waals surface area contributed by atoms with Crippen LogP contribution in [0.15, 0.2) is 48.8 Å². The molecule has 4 nitrogen and oxygen atoms in total. The van der Waals surface area contributed by atoms with Gasteiger partial charge in [0.25, 0.3) is 0 Å². The van der Waals surface area contributed by atoms with Crippen molar-refractivity contribution in [2.45, 2.75) is 34.6 Å². The lowest BCUT2D eigenvalue weighted by Gasteiger charge is -2.07. The van der Waals surface area contributed by atoms with Gasteiger partial charge in [0.2, 0.25) is 0 Å². The summed E-state index contributed by atoms with van der Waals surface area (Å²) in [6.07, 6.45) is 3.37. The highest BCUT2D eigenvalue weighted by Crippen LogP contribution is 2.26. The number of aryl methyl sites for hydroxylation is 1. The molecular formula is C18H23N3O. The second-order valence-corrected chi connectivity index (χ2v) is 3.91. The van der Waals surface area contributed by atoms with Crippen molar-refractivity contribution in [1.82, 2.24) is 15.0 Å². The Kier molecular flexibility index (Phi) is 7.54. The number of nitrogens with zero attached hydrogens (tertiary/aromatic N) is 3. The Labute approximate surface area is 132 Å². The number of ether oxygens (including phenoxy) is 1. The summed E-state index contributed by atoms with van der Waals surface area (Å²) < 4.78 is 5.80. The molecule has 0 saturated carbocycles. The molecular weight excluding hydrogens is 274 g/mol. The second kappa shape index (κ2) is 9.45. The summed E-state index contributed by atoms with van der Waals surface area (Å²) in [6, 6.07) is 11.4. The molecule has 116 valence electrons. The molecule has 22 heavy (non-hydrogen) atoms. The smallest absolute Gasteiger partial charge is 0.182 e. The number of fused-ring (bicyclic) bond motifs is 1. The highest BCUT2D eigenvalue weighted by atomic mass is 16.5. The van der Waals surface area contributed by atoms with Crippen molar-refractivity contribution in [3.8, 4) is 11.5 Å². The maximum atomic E-state index is 5.80. The van der Waals surface area contributed by atoms with E-state index in [1.807, 2.05) is 65.0 Å². The molecule has 0 atom stereocenters. The molecule has 0 N–H and O–H groups in total. The fourth-order valence-corrected chi connectivity index (χ4v) is 1.68. The fraction of sp³-hybridized carbons (Fsp3) is 0.278. The zero-order valence-electron chi connectivity index (χ0n) is 13.9. The molecule has 0 bridgehead atoms. The minimum atomic E-state index is 0.592. The molecule has 0 fully saturated rings. The van der Waals surface area contributed by atoms with Crippen molar-refractivity contribution < 1.29 is 4.74 Å². The number of benzene rings is 1. The van der Waals surface area contributed by atoms with E-state index in [4.69, 9.17) is 4.74 Å². The fourth-order valence-electron chi connectivity index (χ4n) is 1.68. The Bertz CT molecular complexity index is 684. The minimum absolute atomic E-state index is 0.592. The first-order valence-electron chi connectivity index (χ1n) is 7.64. The highest BCUT2D eigenvalue weighted by molar-refractivity contribution is 5.77. The molecule has 0 amide bonds. The van der Waals surface area contributed by atoms with Crippen molar-refractivity contribution in [1.29, 1.82) is 0 Å². The number of rotatable bonds is 2. The van der Waals surface area contributed by atoms with E-state index in [-0.39, 0.29) is 0 Å². The monoisotopic (exact) mass is 297 g/mol. The van der Waals surface area contributed by atoms with Gasteiger partial charge in [0.15, 0.2) is 16.9 Å². The number of aromatic nitrogens is 3. The molecule has 0 aliphatic rings. The predicted molar refractivity (Wildman–Crippen MR) is 91.3 cm³/mol. The summed E-state index contributed by atoms with van der Waals surface area (Å²) in [5.41, 5.74) is 2.11. The van der Waals surface area contributed by atoms with Gasteiger partial charge < -0.3 is 4.74 Å². The standard InChI is InChI=1S/C14H11N3O.2C2H6/c1-10-9-16-14-13(17-10)12(7-8-15-14)18-11-5-3-2-4-6-11;2*1-2/h2-9H,1H3;2*1-2H3. The number of hydrogen-bond acceptors (Lipinski definition) is 4. The van der Waals surface area contributed by atoms with Gasteiger partial charge in [-0.1, -0.05) is 45.9 Å². The van der Waals surface area contributed by atoms with Gasteiger partial charge in [0.05, 0.1) is 11.9 Å². The SMILES string of the molecule is CC.CC.Cc1cnc2nccc(Oc3ccccc3)c2n1. The van der Waals surface area contributed by atoms with E-state index in [0.717, 1.165) is 11.4 Å².